The SMILES string of the molecule is FCCCc1ccccc1-c1nn[nH]n1. The molecule has 1 aromatic carbocycles. The van der Waals surface area contributed by atoms with Crippen LogP contribution in [0.5, 0.6) is 0 Å². The Morgan fingerprint density at radius 2 is 2.13 bits per heavy atom. The molecule has 0 aliphatic carbocycles. The average Bonchev–Trinajstić information content (AvgIpc) is 2.80. The molecule has 0 aliphatic heterocycles. The van der Waals surface area contributed by atoms with E-state index in [1.807, 2.05) is 24.3 Å². The molecule has 78 valence electrons. The number of rotatable bonds is 4. The lowest BCUT2D eigenvalue weighted by molar-refractivity contribution is 0.473. The number of H-pyrrole nitrogens is 1. The van der Waals surface area contributed by atoms with Crippen LogP contribution in [0.2, 0.25) is 0 Å². The van der Waals surface area contributed by atoms with Crippen LogP contribution in [-0.4, -0.2) is 27.3 Å². The predicted molar refractivity (Wildman–Crippen MR) is 53.9 cm³/mol. The summed E-state index contributed by atoms with van der Waals surface area (Å²) in [6.07, 6.45) is 1.22. The van der Waals surface area contributed by atoms with Gasteiger partial charge in [0.25, 0.3) is 0 Å². The van der Waals surface area contributed by atoms with E-state index in [1.165, 1.54) is 0 Å². The topological polar surface area (TPSA) is 54.5 Å². The molecule has 0 unspecified atom stereocenters. The van der Waals surface area contributed by atoms with Crippen molar-refractivity contribution in [3.05, 3.63) is 29.8 Å². The molecule has 5 heteroatoms. The first kappa shape index (κ1) is 9.76. The van der Waals surface area contributed by atoms with Crippen LogP contribution in [0.1, 0.15) is 12.0 Å². The fourth-order valence-corrected chi connectivity index (χ4v) is 1.49. The number of nitrogens with zero attached hydrogens (tertiary/aromatic N) is 3. The van der Waals surface area contributed by atoms with E-state index >= 15 is 0 Å². The van der Waals surface area contributed by atoms with Gasteiger partial charge in [-0.25, -0.2) is 0 Å². The van der Waals surface area contributed by atoms with Crippen LogP contribution in [0.25, 0.3) is 11.4 Å². The van der Waals surface area contributed by atoms with Gasteiger partial charge in [0.15, 0.2) is 0 Å². The second-order valence-corrected chi connectivity index (χ2v) is 3.19. The molecule has 0 amide bonds. The quantitative estimate of drug-likeness (QED) is 0.829. The van der Waals surface area contributed by atoms with E-state index in [-0.39, 0.29) is 6.67 Å². The summed E-state index contributed by atoms with van der Waals surface area (Å²) in [6, 6.07) is 7.71. The van der Waals surface area contributed by atoms with Crippen LogP contribution in [0.4, 0.5) is 4.39 Å². The highest BCUT2D eigenvalue weighted by Crippen LogP contribution is 2.20. The Bertz CT molecular complexity index is 413. The molecule has 0 fully saturated rings. The largest absolute Gasteiger partial charge is 0.251 e. The van der Waals surface area contributed by atoms with Crippen LogP contribution >= 0.6 is 0 Å². The molecule has 4 nitrogen and oxygen atoms in total. The summed E-state index contributed by atoms with van der Waals surface area (Å²) in [5.41, 5.74) is 1.97. The lowest BCUT2D eigenvalue weighted by Crippen LogP contribution is -1.92. The molecule has 0 spiro atoms. The van der Waals surface area contributed by atoms with Gasteiger partial charge in [-0.2, -0.15) is 5.21 Å². The van der Waals surface area contributed by atoms with Gasteiger partial charge in [-0.3, -0.25) is 4.39 Å². The van der Waals surface area contributed by atoms with Crippen molar-refractivity contribution in [1.29, 1.82) is 0 Å². The van der Waals surface area contributed by atoms with Crippen LogP contribution in [0.15, 0.2) is 24.3 Å². The van der Waals surface area contributed by atoms with E-state index < -0.39 is 0 Å². The molecule has 15 heavy (non-hydrogen) atoms. The molecule has 2 rings (SSSR count). The lowest BCUT2D eigenvalue weighted by atomic mass is 10.0. The molecule has 0 radical (unpaired) electrons. The van der Waals surface area contributed by atoms with Crippen LogP contribution in [0.3, 0.4) is 0 Å². The minimum atomic E-state index is -0.305. The zero-order chi connectivity index (χ0) is 10.5. The summed E-state index contributed by atoms with van der Waals surface area (Å²) < 4.78 is 12.1. The van der Waals surface area contributed by atoms with E-state index in [0.717, 1.165) is 11.1 Å². The van der Waals surface area contributed by atoms with Gasteiger partial charge in [0, 0.05) is 5.56 Å². The Morgan fingerprint density at radius 3 is 2.87 bits per heavy atom. The molecule has 0 aliphatic rings. The fraction of sp³-hybridized carbons (Fsp3) is 0.300. The van der Waals surface area contributed by atoms with Crippen molar-refractivity contribution in [2.75, 3.05) is 6.67 Å². The van der Waals surface area contributed by atoms with Gasteiger partial charge in [0.05, 0.1) is 6.67 Å². The molecule has 0 bridgehead atoms. The summed E-state index contributed by atoms with van der Waals surface area (Å²) in [6.45, 7) is -0.305. The fourth-order valence-electron chi connectivity index (χ4n) is 1.49. The minimum Gasteiger partial charge on any atom is -0.251 e. The number of nitrogens with one attached hydrogen (secondary N) is 1. The smallest absolute Gasteiger partial charge is 0.204 e. The van der Waals surface area contributed by atoms with E-state index in [1.54, 1.807) is 0 Å². The van der Waals surface area contributed by atoms with Gasteiger partial charge >= 0.3 is 0 Å². The summed E-state index contributed by atoms with van der Waals surface area (Å²) in [4.78, 5) is 0. The van der Waals surface area contributed by atoms with Gasteiger partial charge in [0.1, 0.15) is 0 Å². The van der Waals surface area contributed by atoms with E-state index in [0.29, 0.717) is 18.7 Å². The highest BCUT2D eigenvalue weighted by atomic mass is 19.1. The molecule has 1 aromatic heterocycles. The van der Waals surface area contributed by atoms with Gasteiger partial charge in [0.2, 0.25) is 5.82 Å². The number of aryl methyl sites for hydroxylation is 1. The van der Waals surface area contributed by atoms with Crippen molar-refractivity contribution < 1.29 is 4.39 Å². The molecule has 1 heterocycles. The lowest BCUT2D eigenvalue weighted by Gasteiger charge is -2.03. The first-order valence-electron chi connectivity index (χ1n) is 4.79. The van der Waals surface area contributed by atoms with Crippen molar-refractivity contribution in [2.45, 2.75) is 12.8 Å². The van der Waals surface area contributed by atoms with Gasteiger partial charge < -0.3 is 0 Å². The van der Waals surface area contributed by atoms with Crippen LogP contribution < -0.4 is 0 Å². The first-order valence-corrected chi connectivity index (χ1v) is 4.79. The number of benzene rings is 1. The number of halogens is 1. The van der Waals surface area contributed by atoms with E-state index in [4.69, 9.17) is 0 Å². The second-order valence-electron chi connectivity index (χ2n) is 3.19. The molecule has 1 N–H and O–H groups in total. The Labute approximate surface area is 86.5 Å². The summed E-state index contributed by atoms with van der Waals surface area (Å²) in [5.74, 6) is 0.560. The summed E-state index contributed by atoms with van der Waals surface area (Å²) >= 11 is 0. The third-order valence-corrected chi connectivity index (χ3v) is 2.18. The monoisotopic (exact) mass is 206 g/mol. The van der Waals surface area contributed by atoms with Gasteiger partial charge in [-0.1, -0.05) is 24.3 Å². The zero-order valence-electron chi connectivity index (χ0n) is 8.15. The normalized spacial score (nSPS) is 10.5. The number of aromatic nitrogens is 4. The van der Waals surface area contributed by atoms with E-state index in [2.05, 4.69) is 20.6 Å². The molecule has 2 aromatic rings. The average molecular weight is 206 g/mol. The second kappa shape index (κ2) is 4.63. The van der Waals surface area contributed by atoms with Crippen molar-refractivity contribution in [1.82, 2.24) is 20.6 Å². The molecular formula is C10H11FN4. The van der Waals surface area contributed by atoms with Gasteiger partial charge in [-0.05, 0) is 23.6 Å². The Hall–Kier alpha value is -1.78. The zero-order valence-corrected chi connectivity index (χ0v) is 8.15. The van der Waals surface area contributed by atoms with Crippen molar-refractivity contribution in [2.24, 2.45) is 0 Å². The maximum absolute atomic E-state index is 12.1. The number of hydrogen-bond acceptors (Lipinski definition) is 3. The maximum Gasteiger partial charge on any atom is 0.204 e. The number of tetrazole rings is 1. The Balaban J connectivity index is 2.30. The summed E-state index contributed by atoms with van der Waals surface area (Å²) in [5, 5.41) is 13.7. The van der Waals surface area contributed by atoms with Crippen molar-refractivity contribution in [3.8, 4) is 11.4 Å². The molecule has 0 atom stereocenters. The predicted octanol–water partition coefficient (Wildman–Crippen LogP) is 1.77. The highest BCUT2D eigenvalue weighted by Gasteiger charge is 2.07. The number of hydrogen-bond donors (Lipinski definition) is 1. The molecular weight excluding hydrogens is 195 g/mol. The molecule has 0 saturated heterocycles. The third kappa shape index (κ3) is 2.18. The van der Waals surface area contributed by atoms with Crippen molar-refractivity contribution >= 4 is 0 Å². The summed E-state index contributed by atoms with van der Waals surface area (Å²) in [7, 11) is 0. The highest BCUT2D eigenvalue weighted by molar-refractivity contribution is 5.59. The van der Waals surface area contributed by atoms with Crippen LogP contribution in [0, 0.1) is 0 Å². The number of alkyl halides is 1. The molecule has 0 saturated carbocycles. The maximum atomic E-state index is 12.1. The number of aromatic amines is 1. The Kier molecular flexibility index (Phi) is 3.02. The standard InChI is InChI=1S/C10H11FN4/c11-7-3-5-8-4-1-2-6-9(8)10-12-14-15-13-10/h1-2,4,6H,3,5,7H2,(H,12,13,14,15). The first-order chi connectivity index (χ1) is 7.42. The van der Waals surface area contributed by atoms with Gasteiger partial charge in [-0.15, -0.1) is 10.2 Å². The Morgan fingerprint density at radius 1 is 1.27 bits per heavy atom. The van der Waals surface area contributed by atoms with E-state index in [9.17, 15) is 4.39 Å². The minimum absolute atomic E-state index is 0.305. The van der Waals surface area contributed by atoms with Crippen molar-refractivity contribution in [3.63, 3.8) is 0 Å². The van der Waals surface area contributed by atoms with Crippen LogP contribution in [-0.2, 0) is 6.42 Å². The third-order valence-electron chi connectivity index (χ3n) is 2.18.